The maximum Gasteiger partial charge on any atom is 0.253 e. The van der Waals surface area contributed by atoms with Crippen LogP contribution in [-0.4, -0.2) is 49.7 Å². The third-order valence-electron chi connectivity index (χ3n) is 3.27. The van der Waals surface area contributed by atoms with Crippen molar-refractivity contribution < 1.29 is 9.53 Å². The van der Waals surface area contributed by atoms with E-state index in [-0.39, 0.29) is 11.9 Å². The summed E-state index contributed by atoms with van der Waals surface area (Å²) in [6.07, 6.45) is 0. The number of carbonyl (C=O) groups is 1. The molecule has 0 radical (unpaired) electrons. The molecule has 6 heteroatoms. The Morgan fingerprint density at radius 2 is 2.20 bits per heavy atom. The smallest absolute Gasteiger partial charge is 0.253 e. The summed E-state index contributed by atoms with van der Waals surface area (Å²) in [4.78, 5) is 14.5. The number of nitrogens with zero attached hydrogens (tertiary/aromatic N) is 1. The van der Waals surface area contributed by atoms with Gasteiger partial charge in [0.2, 0.25) is 0 Å². The fourth-order valence-corrected chi connectivity index (χ4v) is 2.64. The van der Waals surface area contributed by atoms with Gasteiger partial charge in [0.1, 0.15) is 0 Å². The van der Waals surface area contributed by atoms with E-state index in [4.69, 9.17) is 10.5 Å². The first-order valence-electron chi connectivity index (χ1n) is 6.72. The molecule has 1 aromatic carbocycles. The van der Waals surface area contributed by atoms with Gasteiger partial charge in [0.15, 0.2) is 0 Å². The standard InChI is InChI=1S/C14H20BrN3O2/c1-10(9-18-4-6-20-7-5-18)17-14(19)12-3-2-11(15)8-13(12)16/h2-3,8,10H,4-7,9,16H2,1H3,(H,17,19). The maximum atomic E-state index is 12.2. The topological polar surface area (TPSA) is 67.6 Å². The fourth-order valence-electron chi connectivity index (χ4n) is 2.26. The van der Waals surface area contributed by atoms with Crippen LogP contribution in [0.2, 0.25) is 0 Å². The van der Waals surface area contributed by atoms with Crippen molar-refractivity contribution in [2.75, 3.05) is 38.6 Å². The van der Waals surface area contributed by atoms with Crippen LogP contribution in [-0.2, 0) is 4.74 Å². The summed E-state index contributed by atoms with van der Waals surface area (Å²) in [6.45, 7) is 6.19. The second-order valence-electron chi connectivity index (χ2n) is 5.02. The number of carbonyl (C=O) groups excluding carboxylic acids is 1. The normalized spacial score (nSPS) is 17.7. The van der Waals surface area contributed by atoms with Crippen molar-refractivity contribution in [1.82, 2.24) is 10.2 Å². The summed E-state index contributed by atoms with van der Waals surface area (Å²) in [5.41, 5.74) is 6.86. The quantitative estimate of drug-likeness (QED) is 0.814. The van der Waals surface area contributed by atoms with Gasteiger partial charge >= 0.3 is 0 Å². The van der Waals surface area contributed by atoms with Crippen molar-refractivity contribution in [2.45, 2.75) is 13.0 Å². The molecular formula is C14H20BrN3O2. The zero-order valence-electron chi connectivity index (χ0n) is 11.6. The second kappa shape index (κ2) is 7.06. The number of nitrogens with two attached hydrogens (primary N) is 1. The Morgan fingerprint density at radius 1 is 1.50 bits per heavy atom. The number of rotatable bonds is 4. The van der Waals surface area contributed by atoms with Crippen LogP contribution in [0.1, 0.15) is 17.3 Å². The van der Waals surface area contributed by atoms with E-state index < -0.39 is 0 Å². The highest BCUT2D eigenvalue weighted by atomic mass is 79.9. The Hall–Kier alpha value is -1.11. The van der Waals surface area contributed by atoms with E-state index in [1.165, 1.54) is 0 Å². The van der Waals surface area contributed by atoms with Gasteiger partial charge in [0, 0.05) is 35.8 Å². The molecular weight excluding hydrogens is 322 g/mol. The molecule has 1 aliphatic rings. The number of benzene rings is 1. The van der Waals surface area contributed by atoms with Gasteiger partial charge in [-0.25, -0.2) is 0 Å². The molecule has 1 fully saturated rings. The van der Waals surface area contributed by atoms with Crippen LogP contribution in [0.15, 0.2) is 22.7 Å². The average molecular weight is 342 g/mol. The van der Waals surface area contributed by atoms with Crippen LogP contribution in [0.3, 0.4) is 0 Å². The lowest BCUT2D eigenvalue weighted by atomic mass is 10.1. The number of morpholine rings is 1. The second-order valence-corrected chi connectivity index (χ2v) is 5.93. The first-order valence-corrected chi connectivity index (χ1v) is 7.51. The van der Waals surface area contributed by atoms with Gasteiger partial charge in [-0.3, -0.25) is 9.69 Å². The van der Waals surface area contributed by atoms with Crippen LogP contribution in [0.5, 0.6) is 0 Å². The molecule has 0 saturated carbocycles. The Bertz CT molecular complexity index is 475. The zero-order valence-corrected chi connectivity index (χ0v) is 13.1. The fraction of sp³-hybridized carbons (Fsp3) is 0.500. The van der Waals surface area contributed by atoms with Crippen molar-refractivity contribution in [2.24, 2.45) is 0 Å². The molecule has 0 aromatic heterocycles. The van der Waals surface area contributed by atoms with Crippen LogP contribution < -0.4 is 11.1 Å². The highest BCUT2D eigenvalue weighted by molar-refractivity contribution is 9.10. The highest BCUT2D eigenvalue weighted by Gasteiger charge is 2.17. The summed E-state index contributed by atoms with van der Waals surface area (Å²) in [5, 5.41) is 2.99. The van der Waals surface area contributed by atoms with E-state index in [9.17, 15) is 4.79 Å². The molecule has 1 atom stereocenters. The van der Waals surface area contributed by atoms with Crippen molar-refractivity contribution in [3.05, 3.63) is 28.2 Å². The molecule has 20 heavy (non-hydrogen) atoms. The molecule has 2 rings (SSSR count). The predicted octanol–water partition coefficient (Wildman–Crippen LogP) is 1.48. The van der Waals surface area contributed by atoms with Gasteiger partial charge in [-0.15, -0.1) is 0 Å². The minimum atomic E-state index is -0.129. The molecule has 1 unspecified atom stereocenters. The molecule has 1 amide bonds. The van der Waals surface area contributed by atoms with Crippen LogP contribution in [0.25, 0.3) is 0 Å². The lowest BCUT2D eigenvalue weighted by molar-refractivity contribution is 0.0342. The maximum absolute atomic E-state index is 12.2. The van der Waals surface area contributed by atoms with Crippen molar-refractivity contribution >= 4 is 27.5 Å². The number of nitrogens with one attached hydrogen (secondary N) is 1. The van der Waals surface area contributed by atoms with Crippen molar-refractivity contribution in [1.29, 1.82) is 0 Å². The van der Waals surface area contributed by atoms with Gasteiger partial charge in [-0.05, 0) is 25.1 Å². The molecule has 1 heterocycles. The molecule has 0 bridgehead atoms. The number of halogens is 1. The van der Waals surface area contributed by atoms with Gasteiger partial charge in [0.25, 0.3) is 5.91 Å². The largest absolute Gasteiger partial charge is 0.398 e. The number of anilines is 1. The molecule has 1 aromatic rings. The summed E-state index contributed by atoms with van der Waals surface area (Å²) >= 11 is 3.33. The first kappa shape index (κ1) is 15.3. The van der Waals surface area contributed by atoms with E-state index in [0.717, 1.165) is 37.3 Å². The van der Waals surface area contributed by atoms with E-state index in [1.54, 1.807) is 12.1 Å². The van der Waals surface area contributed by atoms with E-state index in [0.29, 0.717) is 11.3 Å². The number of hydrogen-bond donors (Lipinski definition) is 2. The van der Waals surface area contributed by atoms with Crippen LogP contribution in [0, 0.1) is 0 Å². The molecule has 1 saturated heterocycles. The third-order valence-corrected chi connectivity index (χ3v) is 3.76. The Balaban J connectivity index is 1.89. The number of hydrogen-bond acceptors (Lipinski definition) is 4. The van der Waals surface area contributed by atoms with Gasteiger partial charge in [0.05, 0.1) is 18.8 Å². The Morgan fingerprint density at radius 3 is 2.85 bits per heavy atom. The number of nitrogen functional groups attached to an aromatic ring is 1. The minimum Gasteiger partial charge on any atom is -0.398 e. The third kappa shape index (κ3) is 4.19. The lowest BCUT2D eigenvalue weighted by Crippen LogP contribution is -2.46. The minimum absolute atomic E-state index is 0.0728. The average Bonchev–Trinajstić information content (AvgIpc) is 2.39. The van der Waals surface area contributed by atoms with Crippen molar-refractivity contribution in [3.63, 3.8) is 0 Å². The number of ether oxygens (including phenoxy) is 1. The van der Waals surface area contributed by atoms with Crippen molar-refractivity contribution in [3.8, 4) is 0 Å². The summed E-state index contributed by atoms with van der Waals surface area (Å²) in [7, 11) is 0. The van der Waals surface area contributed by atoms with Crippen LogP contribution in [0.4, 0.5) is 5.69 Å². The Kier molecular flexibility index (Phi) is 5.39. The molecule has 5 nitrogen and oxygen atoms in total. The zero-order chi connectivity index (χ0) is 14.5. The molecule has 1 aliphatic heterocycles. The van der Waals surface area contributed by atoms with E-state index in [2.05, 4.69) is 26.1 Å². The highest BCUT2D eigenvalue weighted by Crippen LogP contribution is 2.18. The summed E-state index contributed by atoms with van der Waals surface area (Å²) in [5.74, 6) is -0.129. The SMILES string of the molecule is CC(CN1CCOCC1)NC(=O)c1ccc(Br)cc1N. The van der Waals surface area contributed by atoms with Gasteiger partial charge in [-0.2, -0.15) is 0 Å². The first-order chi connectivity index (χ1) is 9.56. The monoisotopic (exact) mass is 341 g/mol. The molecule has 0 aliphatic carbocycles. The summed E-state index contributed by atoms with van der Waals surface area (Å²) < 4.78 is 6.18. The van der Waals surface area contributed by atoms with Gasteiger partial charge < -0.3 is 15.8 Å². The van der Waals surface area contributed by atoms with E-state index >= 15 is 0 Å². The molecule has 110 valence electrons. The van der Waals surface area contributed by atoms with Gasteiger partial charge in [-0.1, -0.05) is 15.9 Å². The lowest BCUT2D eigenvalue weighted by Gasteiger charge is -2.29. The Labute approximate surface area is 127 Å². The summed E-state index contributed by atoms with van der Waals surface area (Å²) in [6, 6.07) is 5.36. The van der Waals surface area contributed by atoms with Crippen LogP contribution >= 0.6 is 15.9 Å². The molecule has 0 spiro atoms. The van der Waals surface area contributed by atoms with E-state index in [1.807, 2.05) is 13.0 Å². The number of amides is 1. The predicted molar refractivity (Wildman–Crippen MR) is 82.7 cm³/mol. The molecule has 3 N–H and O–H groups in total.